The number of hydrogen-bond donors (Lipinski definition) is 0. The summed E-state index contributed by atoms with van der Waals surface area (Å²) in [5, 5.41) is -0.434. The molecule has 1 unspecified atom stereocenters. The molecule has 1 rings (SSSR count). The maximum atomic E-state index is 15.2. The van der Waals surface area contributed by atoms with E-state index < -0.39 is 51.2 Å². The third-order valence-electron chi connectivity index (χ3n) is 6.23. The topological polar surface area (TPSA) is 71.1 Å². The molecule has 11 heteroatoms. The summed E-state index contributed by atoms with van der Waals surface area (Å²) < 4.78 is 75.4. The summed E-state index contributed by atoms with van der Waals surface area (Å²) in [5.74, 6) is -3.64. The fourth-order valence-corrected chi connectivity index (χ4v) is 5.03. The number of ether oxygens (including phenoxy) is 1. The molecule has 0 spiro atoms. The number of alkyl halides is 2. The Morgan fingerprint density at radius 2 is 1.41 bits per heavy atom. The quantitative estimate of drug-likeness (QED) is 0.391. The molecule has 174 valence electrons. The second-order valence-electron chi connectivity index (χ2n) is 10.9. The van der Waals surface area contributed by atoms with Crippen LogP contribution in [-0.4, -0.2) is 62.3 Å². The SMILES string of the molecule is CC(C)(C)[Si](C)(C)OC[C@H]1OC(OS(C)(=O)=O)C(F)(F)[C@H]1O[Si](C)(C)C(C)(C)C. The lowest BCUT2D eigenvalue weighted by Crippen LogP contribution is -2.53. The fourth-order valence-electron chi connectivity index (χ4n) is 2.23. The minimum Gasteiger partial charge on any atom is -0.414 e. The van der Waals surface area contributed by atoms with Crippen LogP contribution >= 0.6 is 0 Å². The van der Waals surface area contributed by atoms with E-state index in [4.69, 9.17) is 13.6 Å². The van der Waals surface area contributed by atoms with Gasteiger partial charge in [-0.05, 0) is 36.3 Å². The molecule has 0 N–H and O–H groups in total. The van der Waals surface area contributed by atoms with E-state index in [0.29, 0.717) is 0 Å². The van der Waals surface area contributed by atoms with Gasteiger partial charge in [-0.25, -0.2) is 4.18 Å². The Kier molecular flexibility index (Phi) is 7.68. The van der Waals surface area contributed by atoms with Crippen molar-refractivity contribution in [2.45, 2.75) is 102 Å². The normalized spacial score (nSPS) is 26.7. The highest BCUT2D eigenvalue weighted by Gasteiger charge is 2.63. The highest BCUT2D eigenvalue weighted by molar-refractivity contribution is 7.86. The second kappa shape index (κ2) is 8.21. The lowest BCUT2D eigenvalue weighted by molar-refractivity contribution is -0.181. The van der Waals surface area contributed by atoms with Crippen molar-refractivity contribution in [1.82, 2.24) is 0 Å². The van der Waals surface area contributed by atoms with Crippen molar-refractivity contribution in [2.75, 3.05) is 12.9 Å². The molecular weight excluding hydrogens is 438 g/mol. The molecule has 0 aromatic rings. The summed E-state index contributed by atoms with van der Waals surface area (Å²) in [7, 11) is -9.00. The standard InChI is InChI=1S/C18H38F2O6SSi2/c1-16(2,3)28(8,9)23-12-13-14(26-29(10,11)17(4,5)6)18(19,20)15(24-13)25-27(7,21)22/h13-15H,12H2,1-11H3/t13-,14+,15?/m1/s1. The van der Waals surface area contributed by atoms with Crippen LogP contribution in [0, 0.1) is 0 Å². The van der Waals surface area contributed by atoms with E-state index >= 15 is 8.78 Å². The maximum Gasteiger partial charge on any atom is 0.325 e. The molecular formula is C18H38F2O6SSi2. The van der Waals surface area contributed by atoms with E-state index in [1.54, 1.807) is 0 Å². The largest absolute Gasteiger partial charge is 0.414 e. The van der Waals surface area contributed by atoms with Gasteiger partial charge in [0.2, 0.25) is 6.29 Å². The van der Waals surface area contributed by atoms with Gasteiger partial charge in [-0.3, -0.25) is 0 Å². The Labute approximate surface area is 177 Å². The van der Waals surface area contributed by atoms with Gasteiger partial charge in [-0.1, -0.05) is 41.5 Å². The first kappa shape index (κ1) is 27.1. The van der Waals surface area contributed by atoms with Gasteiger partial charge in [0, 0.05) is 0 Å². The summed E-state index contributed by atoms with van der Waals surface area (Å²) in [6, 6.07) is 0. The molecule has 1 aliphatic rings. The Bertz CT molecular complexity index is 683. The first-order chi connectivity index (χ1) is 12.5. The van der Waals surface area contributed by atoms with Gasteiger partial charge in [0.1, 0.15) is 12.2 Å². The van der Waals surface area contributed by atoms with E-state index in [0.717, 1.165) is 6.26 Å². The molecule has 29 heavy (non-hydrogen) atoms. The van der Waals surface area contributed by atoms with Crippen LogP contribution in [0.5, 0.6) is 0 Å². The minimum atomic E-state index is -4.15. The molecule has 1 fully saturated rings. The van der Waals surface area contributed by atoms with Crippen molar-refractivity contribution in [3.63, 3.8) is 0 Å². The van der Waals surface area contributed by atoms with Gasteiger partial charge in [0.05, 0.1) is 12.9 Å². The minimum absolute atomic E-state index is 0.116. The molecule has 0 saturated carbocycles. The smallest absolute Gasteiger partial charge is 0.325 e. The number of rotatable bonds is 7. The van der Waals surface area contributed by atoms with E-state index in [1.807, 2.05) is 67.7 Å². The van der Waals surface area contributed by atoms with Gasteiger partial charge in [-0.2, -0.15) is 17.2 Å². The lowest BCUT2D eigenvalue weighted by atomic mass is 10.1. The zero-order valence-electron chi connectivity index (χ0n) is 19.6. The lowest BCUT2D eigenvalue weighted by Gasteiger charge is -2.41. The summed E-state index contributed by atoms with van der Waals surface area (Å²) in [6.07, 6.45) is -4.31. The molecule has 0 amide bonds. The van der Waals surface area contributed by atoms with Crippen molar-refractivity contribution in [2.24, 2.45) is 0 Å². The van der Waals surface area contributed by atoms with Crippen LogP contribution < -0.4 is 0 Å². The van der Waals surface area contributed by atoms with Crippen LogP contribution in [0.2, 0.25) is 36.3 Å². The number of halogens is 2. The van der Waals surface area contributed by atoms with Crippen LogP contribution in [-0.2, 0) is 27.9 Å². The van der Waals surface area contributed by atoms with E-state index in [1.165, 1.54) is 0 Å². The molecule has 1 saturated heterocycles. The zero-order chi connectivity index (χ0) is 23.3. The molecule has 0 radical (unpaired) electrons. The monoisotopic (exact) mass is 476 g/mol. The Morgan fingerprint density at radius 3 is 1.79 bits per heavy atom. The van der Waals surface area contributed by atoms with E-state index in [2.05, 4.69) is 4.18 Å². The van der Waals surface area contributed by atoms with Gasteiger partial charge >= 0.3 is 5.92 Å². The third kappa shape index (κ3) is 6.53. The molecule has 0 bridgehead atoms. The average molecular weight is 477 g/mol. The average Bonchev–Trinajstić information content (AvgIpc) is 2.64. The van der Waals surface area contributed by atoms with Crippen molar-refractivity contribution in [3.05, 3.63) is 0 Å². The highest BCUT2D eigenvalue weighted by Crippen LogP contribution is 2.46. The first-order valence-electron chi connectivity index (χ1n) is 9.74. The Hall–Kier alpha value is 0.0838. The van der Waals surface area contributed by atoms with Gasteiger partial charge in [0.15, 0.2) is 16.6 Å². The molecule has 6 nitrogen and oxygen atoms in total. The van der Waals surface area contributed by atoms with Crippen molar-refractivity contribution < 1.29 is 35.0 Å². The van der Waals surface area contributed by atoms with Crippen molar-refractivity contribution >= 4 is 26.8 Å². The van der Waals surface area contributed by atoms with Crippen molar-refractivity contribution in [1.29, 1.82) is 0 Å². The Morgan fingerprint density at radius 1 is 0.966 bits per heavy atom. The molecule has 0 aromatic carbocycles. The van der Waals surface area contributed by atoms with Crippen LogP contribution in [0.25, 0.3) is 0 Å². The first-order valence-corrected chi connectivity index (χ1v) is 17.4. The van der Waals surface area contributed by atoms with Crippen LogP contribution in [0.3, 0.4) is 0 Å². The predicted octanol–water partition coefficient (Wildman–Crippen LogP) is 4.74. The second-order valence-corrected chi connectivity index (χ2v) is 22.0. The predicted molar refractivity (Wildman–Crippen MR) is 115 cm³/mol. The fraction of sp³-hybridized carbons (Fsp3) is 1.00. The zero-order valence-corrected chi connectivity index (χ0v) is 22.4. The molecule has 0 aliphatic carbocycles. The van der Waals surface area contributed by atoms with E-state index in [9.17, 15) is 8.42 Å². The highest BCUT2D eigenvalue weighted by atomic mass is 32.2. The van der Waals surface area contributed by atoms with Gasteiger partial charge < -0.3 is 13.6 Å². The summed E-state index contributed by atoms with van der Waals surface area (Å²) in [4.78, 5) is 0. The van der Waals surface area contributed by atoms with Crippen LogP contribution in [0.4, 0.5) is 8.78 Å². The summed E-state index contributed by atoms with van der Waals surface area (Å²) >= 11 is 0. The van der Waals surface area contributed by atoms with Gasteiger partial charge in [-0.15, -0.1) is 0 Å². The van der Waals surface area contributed by atoms with Crippen molar-refractivity contribution in [3.8, 4) is 0 Å². The third-order valence-corrected chi connectivity index (χ3v) is 15.7. The molecule has 3 atom stereocenters. The van der Waals surface area contributed by atoms with Crippen LogP contribution in [0.1, 0.15) is 41.5 Å². The molecule has 1 heterocycles. The summed E-state index contributed by atoms with van der Waals surface area (Å²) in [5.41, 5.74) is 0. The van der Waals surface area contributed by atoms with Crippen LogP contribution in [0.15, 0.2) is 0 Å². The van der Waals surface area contributed by atoms with Gasteiger partial charge in [0.25, 0.3) is 10.1 Å². The number of hydrogen-bond acceptors (Lipinski definition) is 6. The maximum absolute atomic E-state index is 15.2. The Balaban J connectivity index is 3.21. The summed E-state index contributed by atoms with van der Waals surface area (Å²) in [6.45, 7) is 19.6. The molecule has 1 aliphatic heterocycles. The molecule has 0 aromatic heterocycles. The van der Waals surface area contributed by atoms with E-state index in [-0.39, 0.29) is 16.7 Å².